The van der Waals surface area contributed by atoms with E-state index in [2.05, 4.69) is 11.4 Å². The maximum atomic E-state index is 12.0. The van der Waals surface area contributed by atoms with Crippen LogP contribution >= 0.6 is 23.4 Å². The van der Waals surface area contributed by atoms with Gasteiger partial charge in [-0.25, -0.2) is 0 Å². The summed E-state index contributed by atoms with van der Waals surface area (Å²) in [4.78, 5) is 23.6. The third-order valence-corrected chi connectivity index (χ3v) is 4.67. The molecule has 5 nitrogen and oxygen atoms in total. The van der Waals surface area contributed by atoms with Gasteiger partial charge in [0.1, 0.15) is 0 Å². The van der Waals surface area contributed by atoms with Crippen LogP contribution in [-0.4, -0.2) is 24.2 Å². The second-order valence-corrected chi connectivity index (χ2v) is 6.64. The highest BCUT2D eigenvalue weighted by Gasteiger charge is 2.29. The van der Waals surface area contributed by atoms with E-state index in [0.29, 0.717) is 22.2 Å². The number of ether oxygens (including phenoxy) is 1. The van der Waals surface area contributed by atoms with Gasteiger partial charge in [-0.3, -0.25) is 9.59 Å². The van der Waals surface area contributed by atoms with Crippen molar-refractivity contribution in [1.82, 2.24) is 5.32 Å². The largest absolute Gasteiger partial charge is 0.465 e. The van der Waals surface area contributed by atoms with E-state index in [1.54, 1.807) is 24.3 Å². The van der Waals surface area contributed by atoms with Crippen molar-refractivity contribution in [2.24, 2.45) is 0 Å². The van der Waals surface area contributed by atoms with E-state index in [0.717, 1.165) is 23.7 Å². The first kappa shape index (κ1) is 18.4. The van der Waals surface area contributed by atoms with Crippen molar-refractivity contribution in [2.45, 2.75) is 25.7 Å². The third kappa shape index (κ3) is 4.76. The zero-order chi connectivity index (χ0) is 17.5. The SMILES string of the molecule is CCCOC(=O)CSC1=C(C#N)C(c2ccc(Cl)cc2)CC(=O)N1. The van der Waals surface area contributed by atoms with Crippen LogP contribution in [0.2, 0.25) is 5.02 Å². The number of carbonyl (C=O) groups is 2. The van der Waals surface area contributed by atoms with Gasteiger partial charge in [-0.05, 0) is 24.1 Å². The molecule has 24 heavy (non-hydrogen) atoms. The summed E-state index contributed by atoms with van der Waals surface area (Å²) in [5, 5.41) is 13.2. The van der Waals surface area contributed by atoms with Gasteiger partial charge < -0.3 is 10.1 Å². The van der Waals surface area contributed by atoms with Crippen molar-refractivity contribution < 1.29 is 14.3 Å². The first-order chi connectivity index (χ1) is 11.5. The Kier molecular flexibility index (Phi) is 6.71. The number of amides is 1. The van der Waals surface area contributed by atoms with E-state index >= 15 is 0 Å². The molecule has 1 aromatic rings. The van der Waals surface area contributed by atoms with Gasteiger partial charge in [0.15, 0.2) is 0 Å². The number of rotatable bonds is 6. The van der Waals surface area contributed by atoms with Gasteiger partial charge >= 0.3 is 5.97 Å². The molecule has 1 aliphatic rings. The van der Waals surface area contributed by atoms with Gasteiger partial charge in [0.2, 0.25) is 5.91 Å². The molecule has 126 valence electrons. The Morgan fingerprint density at radius 2 is 2.17 bits per heavy atom. The van der Waals surface area contributed by atoms with Crippen LogP contribution in [0.1, 0.15) is 31.2 Å². The number of esters is 1. The van der Waals surface area contributed by atoms with Crippen molar-refractivity contribution in [1.29, 1.82) is 5.26 Å². The number of carbonyl (C=O) groups excluding carboxylic acids is 2. The lowest BCUT2D eigenvalue weighted by Gasteiger charge is -2.25. The van der Waals surface area contributed by atoms with Crippen LogP contribution < -0.4 is 5.32 Å². The van der Waals surface area contributed by atoms with Crippen LogP contribution in [0.15, 0.2) is 34.9 Å². The maximum Gasteiger partial charge on any atom is 0.316 e. The summed E-state index contributed by atoms with van der Waals surface area (Å²) in [5.41, 5.74) is 1.29. The number of nitrogens with one attached hydrogen (secondary N) is 1. The minimum Gasteiger partial charge on any atom is -0.465 e. The molecule has 1 unspecified atom stereocenters. The van der Waals surface area contributed by atoms with Crippen molar-refractivity contribution in [3.63, 3.8) is 0 Å². The van der Waals surface area contributed by atoms with E-state index < -0.39 is 0 Å². The number of halogens is 1. The van der Waals surface area contributed by atoms with Crippen LogP contribution in [0.25, 0.3) is 0 Å². The Balaban J connectivity index is 2.19. The molecule has 1 aromatic carbocycles. The Bertz CT molecular complexity index is 695. The maximum absolute atomic E-state index is 12.0. The molecule has 0 aliphatic carbocycles. The van der Waals surface area contributed by atoms with Crippen molar-refractivity contribution >= 4 is 35.2 Å². The molecule has 0 saturated heterocycles. The van der Waals surface area contributed by atoms with E-state index in [1.165, 1.54) is 0 Å². The molecule has 2 rings (SSSR count). The molecule has 1 amide bonds. The topological polar surface area (TPSA) is 79.2 Å². The molecule has 7 heteroatoms. The summed E-state index contributed by atoms with van der Waals surface area (Å²) < 4.78 is 5.01. The lowest BCUT2D eigenvalue weighted by Crippen LogP contribution is -2.31. The van der Waals surface area contributed by atoms with Gasteiger partial charge in [0.05, 0.1) is 29.0 Å². The molecular formula is C17H17ClN2O3S. The summed E-state index contributed by atoms with van der Waals surface area (Å²) >= 11 is 7.01. The molecule has 0 fully saturated rings. The Morgan fingerprint density at radius 3 is 2.79 bits per heavy atom. The molecule has 1 heterocycles. The van der Waals surface area contributed by atoms with Crippen LogP contribution in [0.5, 0.6) is 0 Å². The zero-order valence-corrected chi connectivity index (χ0v) is 14.7. The Hall–Kier alpha value is -1.97. The first-order valence-electron chi connectivity index (χ1n) is 7.53. The minimum atomic E-state index is -0.366. The number of hydrogen-bond donors (Lipinski definition) is 1. The molecule has 1 aliphatic heterocycles. The number of allylic oxidation sites excluding steroid dienone is 1. The van der Waals surface area contributed by atoms with Crippen molar-refractivity contribution in [3.8, 4) is 6.07 Å². The predicted molar refractivity (Wildman–Crippen MR) is 93.3 cm³/mol. The number of hydrogen-bond acceptors (Lipinski definition) is 5. The molecule has 0 radical (unpaired) electrons. The number of thioether (sulfide) groups is 1. The molecule has 0 aromatic heterocycles. The lowest BCUT2D eigenvalue weighted by molar-refractivity contribution is -0.140. The third-order valence-electron chi connectivity index (χ3n) is 3.43. The van der Waals surface area contributed by atoms with Gasteiger partial charge in [-0.1, -0.05) is 42.4 Å². The standard InChI is InChI=1S/C17H17ClN2O3S/c1-2-7-23-16(22)10-24-17-14(9-19)13(8-15(21)20-17)11-3-5-12(18)6-4-11/h3-6,13H,2,7-8,10H2,1H3,(H,20,21). The van der Waals surface area contributed by atoms with Crippen LogP contribution in [0.3, 0.4) is 0 Å². The van der Waals surface area contributed by atoms with E-state index in [9.17, 15) is 14.9 Å². The highest BCUT2D eigenvalue weighted by atomic mass is 35.5. The van der Waals surface area contributed by atoms with Gasteiger partial charge in [-0.2, -0.15) is 5.26 Å². The van der Waals surface area contributed by atoms with Crippen LogP contribution in [0.4, 0.5) is 0 Å². The van der Waals surface area contributed by atoms with E-state index in [-0.39, 0.29) is 30.0 Å². The number of nitrogens with zero attached hydrogens (tertiary/aromatic N) is 1. The molecule has 1 atom stereocenters. The summed E-state index contributed by atoms with van der Waals surface area (Å²) in [5.74, 6) is -0.836. The monoisotopic (exact) mass is 364 g/mol. The molecule has 0 spiro atoms. The molecular weight excluding hydrogens is 348 g/mol. The normalized spacial score (nSPS) is 17.2. The average molecular weight is 365 g/mol. The van der Waals surface area contributed by atoms with Crippen molar-refractivity contribution in [3.05, 3.63) is 45.5 Å². The summed E-state index contributed by atoms with van der Waals surface area (Å²) in [6, 6.07) is 9.24. The fourth-order valence-electron chi connectivity index (χ4n) is 2.30. The van der Waals surface area contributed by atoms with Crippen molar-refractivity contribution in [2.75, 3.05) is 12.4 Å². The van der Waals surface area contributed by atoms with Gasteiger partial charge in [0.25, 0.3) is 0 Å². The minimum absolute atomic E-state index is 0.0497. The van der Waals surface area contributed by atoms with E-state index in [4.69, 9.17) is 16.3 Å². The second-order valence-electron chi connectivity index (χ2n) is 5.22. The van der Waals surface area contributed by atoms with Gasteiger partial charge in [0, 0.05) is 17.4 Å². The zero-order valence-electron chi connectivity index (χ0n) is 13.2. The van der Waals surface area contributed by atoms with Crippen LogP contribution in [0, 0.1) is 11.3 Å². The fourth-order valence-corrected chi connectivity index (χ4v) is 3.30. The molecule has 1 N–H and O–H groups in total. The highest BCUT2D eigenvalue weighted by molar-refractivity contribution is 8.03. The first-order valence-corrected chi connectivity index (χ1v) is 8.89. The predicted octanol–water partition coefficient (Wildman–Crippen LogP) is 3.37. The quantitative estimate of drug-likeness (QED) is 0.783. The Labute approximate surface area is 150 Å². The average Bonchev–Trinajstić information content (AvgIpc) is 2.58. The lowest BCUT2D eigenvalue weighted by atomic mass is 9.87. The van der Waals surface area contributed by atoms with Gasteiger partial charge in [-0.15, -0.1) is 0 Å². The van der Waals surface area contributed by atoms with E-state index in [1.807, 2.05) is 6.92 Å². The molecule has 0 saturated carbocycles. The number of nitriles is 1. The second kappa shape index (κ2) is 8.76. The van der Waals surface area contributed by atoms with Crippen LogP contribution in [-0.2, 0) is 14.3 Å². The number of benzene rings is 1. The summed E-state index contributed by atoms with van der Waals surface area (Å²) in [6.45, 7) is 2.28. The highest BCUT2D eigenvalue weighted by Crippen LogP contribution is 2.36. The summed E-state index contributed by atoms with van der Waals surface area (Å²) in [6.07, 6.45) is 0.937. The molecule has 0 bridgehead atoms. The summed E-state index contributed by atoms with van der Waals surface area (Å²) in [7, 11) is 0. The fraction of sp³-hybridized carbons (Fsp3) is 0.353. The smallest absolute Gasteiger partial charge is 0.316 e. The Morgan fingerprint density at radius 1 is 1.46 bits per heavy atom.